The molecule has 0 spiro atoms. The molecular formula is C12H12N4O4. The van der Waals surface area contributed by atoms with Crippen molar-refractivity contribution in [2.45, 2.75) is 19.4 Å². The minimum Gasteiger partial charge on any atom is -0.477 e. The van der Waals surface area contributed by atoms with Gasteiger partial charge in [-0.25, -0.2) is 15.2 Å². The number of aromatic nitrogens is 1. The van der Waals surface area contributed by atoms with Crippen LogP contribution in [0.4, 0.5) is 0 Å². The maximum absolute atomic E-state index is 11.7. The summed E-state index contributed by atoms with van der Waals surface area (Å²) < 4.78 is 0. The third kappa shape index (κ3) is 3.37. The highest BCUT2D eigenvalue weighted by Crippen LogP contribution is 2.02. The summed E-state index contributed by atoms with van der Waals surface area (Å²) in [6, 6.07) is 2.93. The number of aromatic carboxylic acids is 1. The Morgan fingerprint density at radius 1 is 1.35 bits per heavy atom. The number of nitrogens with zero attached hydrogens (tertiary/aromatic N) is 2. The van der Waals surface area contributed by atoms with Gasteiger partial charge in [0.2, 0.25) is 5.91 Å². The van der Waals surface area contributed by atoms with Gasteiger partial charge in [0.15, 0.2) is 0 Å². The average molecular weight is 276 g/mol. The molecule has 3 N–H and O–H groups in total. The lowest BCUT2D eigenvalue weighted by atomic mass is 10.1. The summed E-state index contributed by atoms with van der Waals surface area (Å²) in [5.41, 5.74) is 3.12. The summed E-state index contributed by atoms with van der Waals surface area (Å²) in [5.74, 6) is -1.68. The van der Waals surface area contributed by atoms with Crippen molar-refractivity contribution in [3.8, 4) is 0 Å². The van der Waals surface area contributed by atoms with Gasteiger partial charge in [-0.1, -0.05) is 6.07 Å². The van der Waals surface area contributed by atoms with Crippen LogP contribution in [0.15, 0.2) is 23.4 Å². The maximum atomic E-state index is 11.7. The molecule has 0 aromatic carbocycles. The van der Waals surface area contributed by atoms with Crippen LogP contribution in [-0.4, -0.2) is 33.6 Å². The molecule has 0 aliphatic carbocycles. The van der Waals surface area contributed by atoms with E-state index in [4.69, 9.17) is 5.11 Å². The minimum atomic E-state index is -1.10. The van der Waals surface area contributed by atoms with Crippen LogP contribution in [0.3, 0.4) is 0 Å². The molecular weight excluding hydrogens is 264 g/mol. The fraction of sp³-hybridized carbons (Fsp3) is 0.250. The molecule has 0 fully saturated rings. The Kier molecular flexibility index (Phi) is 4.04. The standard InChI is InChI=1S/C12H12N4O4/c17-10-4-3-8(15-16-10)11(18)14-6-7-1-2-9(12(19)20)13-5-7/h1-2,5H,3-4,6H2,(H,14,18)(H,16,17)(H,19,20). The summed E-state index contributed by atoms with van der Waals surface area (Å²) in [6.07, 6.45) is 1.92. The number of carboxylic acid groups (broad SMARTS) is 1. The van der Waals surface area contributed by atoms with Gasteiger partial charge in [-0.2, -0.15) is 5.10 Å². The number of hydrogen-bond donors (Lipinski definition) is 3. The quantitative estimate of drug-likeness (QED) is 0.694. The van der Waals surface area contributed by atoms with Crippen molar-refractivity contribution in [2.75, 3.05) is 0 Å². The van der Waals surface area contributed by atoms with E-state index in [9.17, 15) is 14.4 Å². The lowest BCUT2D eigenvalue weighted by Gasteiger charge is -2.11. The molecule has 0 saturated carbocycles. The first-order valence-corrected chi connectivity index (χ1v) is 5.88. The van der Waals surface area contributed by atoms with Crippen LogP contribution < -0.4 is 10.7 Å². The molecule has 2 amide bonds. The molecule has 1 aromatic rings. The number of amides is 2. The number of hydrogen-bond acceptors (Lipinski definition) is 5. The van der Waals surface area contributed by atoms with Crippen molar-refractivity contribution < 1.29 is 19.5 Å². The van der Waals surface area contributed by atoms with Crippen molar-refractivity contribution in [3.05, 3.63) is 29.6 Å². The Hall–Kier alpha value is -2.77. The minimum absolute atomic E-state index is 0.0561. The number of rotatable bonds is 4. The molecule has 1 aliphatic heterocycles. The van der Waals surface area contributed by atoms with Crippen LogP contribution in [0.1, 0.15) is 28.9 Å². The average Bonchev–Trinajstić information content (AvgIpc) is 2.46. The lowest BCUT2D eigenvalue weighted by Crippen LogP contribution is -2.36. The van der Waals surface area contributed by atoms with Crippen molar-refractivity contribution in [2.24, 2.45) is 5.10 Å². The number of nitrogens with one attached hydrogen (secondary N) is 2. The first-order valence-electron chi connectivity index (χ1n) is 5.88. The molecule has 2 heterocycles. The molecule has 2 rings (SSSR count). The summed E-state index contributed by atoms with van der Waals surface area (Å²) >= 11 is 0. The van der Waals surface area contributed by atoms with Gasteiger partial charge >= 0.3 is 5.97 Å². The normalized spacial score (nSPS) is 14.2. The SMILES string of the molecule is O=C1CCC(C(=O)NCc2ccc(C(=O)O)nc2)=NN1. The van der Waals surface area contributed by atoms with E-state index in [1.165, 1.54) is 12.3 Å². The summed E-state index contributed by atoms with van der Waals surface area (Å²) in [4.78, 5) is 37.0. The fourth-order valence-corrected chi connectivity index (χ4v) is 1.58. The van der Waals surface area contributed by atoms with Gasteiger partial charge in [0.25, 0.3) is 5.91 Å². The zero-order valence-corrected chi connectivity index (χ0v) is 10.4. The van der Waals surface area contributed by atoms with E-state index in [0.29, 0.717) is 12.0 Å². The van der Waals surface area contributed by atoms with Gasteiger partial charge in [-0.3, -0.25) is 9.59 Å². The topological polar surface area (TPSA) is 121 Å². The van der Waals surface area contributed by atoms with Crippen molar-refractivity contribution in [1.29, 1.82) is 0 Å². The predicted molar refractivity (Wildman–Crippen MR) is 67.9 cm³/mol. The first kappa shape index (κ1) is 13.7. The van der Waals surface area contributed by atoms with Crippen LogP contribution in [0.5, 0.6) is 0 Å². The molecule has 1 aliphatic rings. The Morgan fingerprint density at radius 3 is 2.70 bits per heavy atom. The van der Waals surface area contributed by atoms with Crippen LogP contribution in [0.25, 0.3) is 0 Å². The van der Waals surface area contributed by atoms with E-state index in [1.807, 2.05) is 0 Å². The van der Waals surface area contributed by atoms with E-state index >= 15 is 0 Å². The Bertz CT molecular complexity index is 580. The van der Waals surface area contributed by atoms with E-state index in [-0.39, 0.29) is 36.2 Å². The molecule has 0 unspecified atom stereocenters. The van der Waals surface area contributed by atoms with Crippen molar-refractivity contribution >= 4 is 23.5 Å². The molecule has 8 nitrogen and oxygen atoms in total. The van der Waals surface area contributed by atoms with Gasteiger partial charge in [-0.05, 0) is 11.6 Å². The fourth-order valence-electron chi connectivity index (χ4n) is 1.58. The maximum Gasteiger partial charge on any atom is 0.354 e. The molecule has 0 bridgehead atoms. The lowest BCUT2D eigenvalue weighted by molar-refractivity contribution is -0.121. The second kappa shape index (κ2) is 5.91. The van der Waals surface area contributed by atoms with Crippen LogP contribution in [0.2, 0.25) is 0 Å². The number of carbonyl (C=O) groups excluding carboxylic acids is 2. The zero-order chi connectivity index (χ0) is 14.5. The summed E-state index contributed by atoms with van der Waals surface area (Å²) in [7, 11) is 0. The van der Waals surface area contributed by atoms with Gasteiger partial charge in [-0.15, -0.1) is 0 Å². The molecule has 0 saturated heterocycles. The zero-order valence-electron chi connectivity index (χ0n) is 10.4. The number of carboxylic acids is 1. The summed E-state index contributed by atoms with van der Waals surface area (Å²) in [6.45, 7) is 0.207. The van der Waals surface area contributed by atoms with Gasteiger partial charge < -0.3 is 10.4 Å². The molecule has 20 heavy (non-hydrogen) atoms. The van der Waals surface area contributed by atoms with E-state index < -0.39 is 5.97 Å². The highest BCUT2D eigenvalue weighted by molar-refractivity contribution is 6.39. The number of pyridine rings is 1. The molecule has 104 valence electrons. The predicted octanol–water partition coefficient (Wildman–Crippen LogP) is -0.338. The third-order valence-corrected chi connectivity index (χ3v) is 2.66. The van der Waals surface area contributed by atoms with Crippen LogP contribution >= 0.6 is 0 Å². The van der Waals surface area contributed by atoms with Gasteiger partial charge in [0.05, 0.1) is 0 Å². The highest BCUT2D eigenvalue weighted by atomic mass is 16.4. The largest absolute Gasteiger partial charge is 0.477 e. The van der Waals surface area contributed by atoms with Gasteiger partial charge in [0, 0.05) is 25.6 Å². The van der Waals surface area contributed by atoms with E-state index in [0.717, 1.165) is 0 Å². The van der Waals surface area contributed by atoms with Crippen molar-refractivity contribution in [1.82, 2.24) is 15.7 Å². The van der Waals surface area contributed by atoms with Crippen molar-refractivity contribution in [3.63, 3.8) is 0 Å². The molecule has 0 atom stereocenters. The Morgan fingerprint density at radius 2 is 2.15 bits per heavy atom. The number of hydrazone groups is 1. The number of carbonyl (C=O) groups is 3. The van der Waals surface area contributed by atoms with Gasteiger partial charge in [0.1, 0.15) is 11.4 Å². The second-order valence-corrected chi connectivity index (χ2v) is 4.13. The van der Waals surface area contributed by atoms with Crippen LogP contribution in [0, 0.1) is 0 Å². The van der Waals surface area contributed by atoms with E-state index in [1.54, 1.807) is 6.07 Å². The smallest absolute Gasteiger partial charge is 0.354 e. The molecule has 1 aromatic heterocycles. The Balaban J connectivity index is 1.90. The van der Waals surface area contributed by atoms with Crippen LogP contribution in [-0.2, 0) is 16.1 Å². The summed E-state index contributed by atoms with van der Waals surface area (Å²) in [5, 5.41) is 15.0. The third-order valence-electron chi connectivity index (χ3n) is 2.66. The highest BCUT2D eigenvalue weighted by Gasteiger charge is 2.17. The van der Waals surface area contributed by atoms with E-state index in [2.05, 4.69) is 20.8 Å². The monoisotopic (exact) mass is 276 g/mol. The Labute approximate surface area is 113 Å². The molecule has 0 radical (unpaired) electrons. The first-order chi connectivity index (χ1) is 9.56. The molecule has 8 heteroatoms. The second-order valence-electron chi connectivity index (χ2n) is 4.13.